The van der Waals surface area contributed by atoms with Crippen LogP contribution in [-0.4, -0.2) is 48.1 Å². The zero-order valence-corrected chi connectivity index (χ0v) is 8.84. The first kappa shape index (κ1) is 9.30. The Kier molecular flexibility index (Phi) is 1.73. The summed E-state index contributed by atoms with van der Waals surface area (Å²) < 4.78 is 5.62. The van der Waals surface area contributed by atoms with E-state index in [2.05, 4.69) is 0 Å². The van der Waals surface area contributed by atoms with Crippen molar-refractivity contribution in [3.05, 3.63) is 0 Å². The largest absolute Gasteiger partial charge is 0.373 e. The van der Waals surface area contributed by atoms with Gasteiger partial charge in [0, 0.05) is 14.1 Å². The standard InChI is InChI=1S/C10H14N2O3/c1-11(2)12-9(13)7-5-3-4-6(15-5)8(7)10(12)14/h5-8H,3-4H2,1-2H3/t5-,6-,7-,8-/m0/s1. The molecular formula is C10H14N2O3. The molecule has 3 saturated heterocycles. The number of hydrogen-bond donors (Lipinski definition) is 0. The molecule has 3 heterocycles. The fourth-order valence-electron chi connectivity index (χ4n) is 3.09. The van der Waals surface area contributed by atoms with Gasteiger partial charge >= 0.3 is 0 Å². The van der Waals surface area contributed by atoms with Crippen LogP contribution in [0.15, 0.2) is 0 Å². The fraction of sp³-hybridized carbons (Fsp3) is 0.800. The van der Waals surface area contributed by atoms with Crippen LogP contribution >= 0.6 is 0 Å². The highest BCUT2D eigenvalue weighted by molar-refractivity contribution is 6.05. The molecule has 15 heavy (non-hydrogen) atoms. The second-order valence-corrected chi connectivity index (χ2v) is 4.68. The van der Waals surface area contributed by atoms with Gasteiger partial charge in [-0.3, -0.25) is 9.59 Å². The number of imide groups is 1. The minimum Gasteiger partial charge on any atom is -0.373 e. The molecule has 0 radical (unpaired) electrons. The van der Waals surface area contributed by atoms with Crippen molar-refractivity contribution in [1.29, 1.82) is 0 Å². The first-order valence-electron chi connectivity index (χ1n) is 5.32. The SMILES string of the molecule is CN(C)N1C(=O)[C@@H]2[C@@H](C1=O)[C@@H]1CC[C@@H]2O1. The summed E-state index contributed by atoms with van der Waals surface area (Å²) in [5.74, 6) is -0.582. The van der Waals surface area contributed by atoms with Crippen LogP contribution in [0.3, 0.4) is 0 Å². The van der Waals surface area contributed by atoms with Crippen molar-refractivity contribution in [2.45, 2.75) is 25.0 Å². The molecule has 3 aliphatic heterocycles. The third kappa shape index (κ3) is 0.995. The zero-order chi connectivity index (χ0) is 10.7. The molecule has 0 unspecified atom stereocenters. The summed E-state index contributed by atoms with van der Waals surface area (Å²) in [6.07, 6.45) is 1.82. The molecule has 0 spiro atoms. The number of ether oxygens (including phenoxy) is 1. The van der Waals surface area contributed by atoms with Crippen LogP contribution in [-0.2, 0) is 14.3 Å². The summed E-state index contributed by atoms with van der Waals surface area (Å²) in [6.45, 7) is 0. The summed E-state index contributed by atoms with van der Waals surface area (Å²) in [6, 6.07) is 0. The zero-order valence-electron chi connectivity index (χ0n) is 8.84. The molecule has 0 N–H and O–H groups in total. The van der Waals surface area contributed by atoms with Crippen LogP contribution in [0.5, 0.6) is 0 Å². The molecule has 5 heteroatoms. The van der Waals surface area contributed by atoms with Gasteiger partial charge in [-0.2, -0.15) is 0 Å². The second-order valence-electron chi connectivity index (χ2n) is 4.68. The van der Waals surface area contributed by atoms with Crippen LogP contribution in [0.1, 0.15) is 12.8 Å². The third-order valence-electron chi connectivity index (χ3n) is 3.66. The lowest BCUT2D eigenvalue weighted by Crippen LogP contribution is -2.43. The quantitative estimate of drug-likeness (QED) is 0.554. The monoisotopic (exact) mass is 210 g/mol. The molecular weight excluding hydrogens is 196 g/mol. The number of rotatable bonds is 1. The van der Waals surface area contributed by atoms with E-state index in [4.69, 9.17) is 4.74 Å². The summed E-state index contributed by atoms with van der Waals surface area (Å²) in [7, 11) is 3.44. The summed E-state index contributed by atoms with van der Waals surface area (Å²) >= 11 is 0. The Morgan fingerprint density at radius 2 is 1.60 bits per heavy atom. The number of nitrogens with zero attached hydrogens (tertiary/aromatic N) is 2. The maximum absolute atomic E-state index is 12.0. The van der Waals surface area contributed by atoms with Gasteiger partial charge in [0.25, 0.3) is 11.8 Å². The smallest absolute Gasteiger partial charge is 0.250 e. The van der Waals surface area contributed by atoms with Crippen molar-refractivity contribution >= 4 is 11.8 Å². The van der Waals surface area contributed by atoms with Gasteiger partial charge in [-0.15, -0.1) is 0 Å². The van der Waals surface area contributed by atoms with Crippen molar-refractivity contribution in [2.75, 3.05) is 14.1 Å². The Labute approximate surface area is 87.9 Å². The summed E-state index contributed by atoms with van der Waals surface area (Å²) in [5, 5.41) is 2.84. The highest BCUT2D eigenvalue weighted by Crippen LogP contribution is 2.48. The fourth-order valence-corrected chi connectivity index (χ4v) is 3.09. The average Bonchev–Trinajstić information content (AvgIpc) is 2.79. The lowest BCUT2D eigenvalue weighted by molar-refractivity contribution is -0.157. The van der Waals surface area contributed by atoms with E-state index in [1.54, 1.807) is 19.1 Å². The summed E-state index contributed by atoms with van der Waals surface area (Å²) in [5.41, 5.74) is 0. The Balaban J connectivity index is 1.97. The molecule has 2 amide bonds. The van der Waals surface area contributed by atoms with E-state index in [9.17, 15) is 9.59 Å². The van der Waals surface area contributed by atoms with E-state index in [0.29, 0.717) is 0 Å². The van der Waals surface area contributed by atoms with Crippen molar-refractivity contribution < 1.29 is 14.3 Å². The average molecular weight is 210 g/mol. The van der Waals surface area contributed by atoms with E-state index in [0.717, 1.165) is 12.8 Å². The van der Waals surface area contributed by atoms with Gasteiger partial charge in [0.05, 0.1) is 24.0 Å². The van der Waals surface area contributed by atoms with E-state index >= 15 is 0 Å². The molecule has 0 aromatic carbocycles. The molecule has 0 aromatic rings. The van der Waals surface area contributed by atoms with Gasteiger partial charge in [0.15, 0.2) is 0 Å². The van der Waals surface area contributed by atoms with E-state index < -0.39 is 0 Å². The van der Waals surface area contributed by atoms with Gasteiger partial charge in [0.1, 0.15) is 0 Å². The Hall–Kier alpha value is -0.940. The topological polar surface area (TPSA) is 49.9 Å². The second kappa shape index (κ2) is 2.80. The molecule has 3 fully saturated rings. The number of hydrazine groups is 1. The maximum atomic E-state index is 12.0. The molecule has 3 rings (SSSR count). The first-order valence-corrected chi connectivity index (χ1v) is 5.32. The summed E-state index contributed by atoms with van der Waals surface area (Å²) in [4.78, 5) is 24.0. The van der Waals surface area contributed by atoms with Crippen LogP contribution in [0.4, 0.5) is 0 Å². The Bertz CT molecular complexity index is 314. The first-order chi connectivity index (χ1) is 7.11. The molecule has 82 valence electrons. The van der Waals surface area contributed by atoms with E-state index in [1.807, 2.05) is 0 Å². The highest BCUT2D eigenvalue weighted by atomic mass is 16.5. The Morgan fingerprint density at radius 3 is 2.00 bits per heavy atom. The van der Waals surface area contributed by atoms with E-state index in [-0.39, 0.29) is 35.9 Å². The molecule has 2 bridgehead atoms. The number of carbonyl (C=O) groups is 2. The van der Waals surface area contributed by atoms with Crippen molar-refractivity contribution in [2.24, 2.45) is 11.8 Å². The van der Waals surface area contributed by atoms with Crippen LogP contribution in [0.25, 0.3) is 0 Å². The Morgan fingerprint density at radius 1 is 1.13 bits per heavy atom. The van der Waals surface area contributed by atoms with Gasteiger partial charge in [-0.05, 0) is 12.8 Å². The van der Waals surface area contributed by atoms with Crippen molar-refractivity contribution in [1.82, 2.24) is 10.0 Å². The predicted octanol–water partition coefficient (Wildman–Crippen LogP) is -0.375. The van der Waals surface area contributed by atoms with Crippen molar-refractivity contribution in [3.63, 3.8) is 0 Å². The number of amides is 2. The van der Waals surface area contributed by atoms with Gasteiger partial charge in [-0.1, -0.05) is 0 Å². The van der Waals surface area contributed by atoms with Gasteiger partial charge in [-0.25, -0.2) is 10.0 Å². The number of fused-ring (bicyclic) bond motifs is 5. The van der Waals surface area contributed by atoms with Gasteiger partial charge in [0.2, 0.25) is 0 Å². The van der Waals surface area contributed by atoms with Crippen LogP contribution in [0, 0.1) is 11.8 Å². The molecule has 3 aliphatic rings. The number of hydrogen-bond acceptors (Lipinski definition) is 4. The lowest BCUT2D eigenvalue weighted by atomic mass is 9.81. The van der Waals surface area contributed by atoms with Crippen LogP contribution in [0.2, 0.25) is 0 Å². The maximum Gasteiger partial charge on any atom is 0.250 e. The molecule has 0 saturated carbocycles. The third-order valence-corrected chi connectivity index (χ3v) is 3.66. The molecule has 0 aliphatic carbocycles. The van der Waals surface area contributed by atoms with Gasteiger partial charge < -0.3 is 4.74 Å². The normalized spacial score (nSPS) is 43.3. The molecule has 4 atom stereocenters. The molecule has 5 nitrogen and oxygen atoms in total. The van der Waals surface area contributed by atoms with Crippen LogP contribution < -0.4 is 0 Å². The molecule has 0 aromatic heterocycles. The highest BCUT2D eigenvalue weighted by Gasteiger charge is 2.62. The minimum atomic E-state index is -0.210. The number of carbonyl (C=O) groups excluding carboxylic acids is 2. The minimum absolute atomic E-state index is 0.0126. The lowest BCUT2D eigenvalue weighted by Gasteiger charge is -2.23. The van der Waals surface area contributed by atoms with Crippen molar-refractivity contribution in [3.8, 4) is 0 Å². The van der Waals surface area contributed by atoms with E-state index in [1.165, 1.54) is 5.01 Å². The predicted molar refractivity (Wildman–Crippen MR) is 50.4 cm³/mol.